The summed E-state index contributed by atoms with van der Waals surface area (Å²) in [6, 6.07) is 12.0. The van der Waals surface area contributed by atoms with Gasteiger partial charge in [0.15, 0.2) is 9.84 Å². The molecule has 178 valence electrons. The van der Waals surface area contributed by atoms with Crippen molar-refractivity contribution in [3.8, 4) is 0 Å². The van der Waals surface area contributed by atoms with E-state index in [4.69, 9.17) is 0 Å². The summed E-state index contributed by atoms with van der Waals surface area (Å²) in [5.41, 5.74) is 0.167. The number of nitrogens with zero attached hydrogens (tertiary/aromatic N) is 1. The Morgan fingerprint density at radius 2 is 1.55 bits per heavy atom. The Labute approximate surface area is 193 Å². The normalized spacial score (nSPS) is 15.7. The van der Waals surface area contributed by atoms with Crippen molar-refractivity contribution in [2.45, 2.75) is 29.6 Å². The van der Waals surface area contributed by atoms with Crippen LogP contribution in [0, 0.1) is 5.92 Å². The maximum Gasteiger partial charge on any atom is 0.339 e. The number of carbonyl (C=O) groups excluding carboxylic acids is 2. The van der Waals surface area contributed by atoms with Crippen LogP contribution in [0.5, 0.6) is 0 Å². The Balaban J connectivity index is 1.72. The van der Waals surface area contributed by atoms with Gasteiger partial charge in [-0.05, 0) is 37.1 Å². The molecular weight excluding hydrogens is 468 g/mol. The largest absolute Gasteiger partial charge is 0.465 e. The molecule has 0 aromatic heterocycles. The zero-order chi connectivity index (χ0) is 24.2. The standard InChI is InChI=1S/C22H26N2O7S2/c1-3-32(27,28)20-11-7-5-9-18(20)23-21(25)16-12-14-24(15-13-16)33(29,30)19-10-6-4-8-17(19)22(26)31-2/h4-11,16H,3,12-15H2,1-2H3,(H,23,25). The van der Waals surface area contributed by atoms with Crippen molar-refractivity contribution >= 4 is 37.4 Å². The second-order valence-electron chi connectivity index (χ2n) is 7.55. The van der Waals surface area contributed by atoms with Crippen LogP contribution in [-0.2, 0) is 29.4 Å². The first-order valence-corrected chi connectivity index (χ1v) is 13.5. The summed E-state index contributed by atoms with van der Waals surface area (Å²) >= 11 is 0. The minimum absolute atomic E-state index is 0.0476. The number of hydrogen-bond donors (Lipinski definition) is 1. The van der Waals surface area contributed by atoms with Crippen LogP contribution >= 0.6 is 0 Å². The topological polar surface area (TPSA) is 127 Å². The highest BCUT2D eigenvalue weighted by Gasteiger charge is 2.34. The van der Waals surface area contributed by atoms with Gasteiger partial charge in [0.2, 0.25) is 15.9 Å². The van der Waals surface area contributed by atoms with E-state index in [1.165, 1.54) is 48.7 Å². The Kier molecular flexibility index (Phi) is 7.55. The quantitative estimate of drug-likeness (QED) is 0.585. The van der Waals surface area contributed by atoms with Gasteiger partial charge in [-0.15, -0.1) is 0 Å². The number of anilines is 1. The zero-order valence-corrected chi connectivity index (χ0v) is 20.0. The molecule has 11 heteroatoms. The maximum absolute atomic E-state index is 13.1. The fraction of sp³-hybridized carbons (Fsp3) is 0.364. The number of benzene rings is 2. The number of rotatable bonds is 7. The molecule has 0 bridgehead atoms. The van der Waals surface area contributed by atoms with Crippen molar-refractivity contribution < 1.29 is 31.2 Å². The summed E-state index contributed by atoms with van der Waals surface area (Å²) in [5, 5.41) is 2.69. The molecule has 1 saturated heterocycles. The molecule has 1 amide bonds. The van der Waals surface area contributed by atoms with Gasteiger partial charge in [0.25, 0.3) is 0 Å². The first-order valence-electron chi connectivity index (χ1n) is 10.4. The first kappa shape index (κ1) is 24.9. The van der Waals surface area contributed by atoms with E-state index < -0.39 is 31.7 Å². The van der Waals surface area contributed by atoms with Crippen molar-refractivity contribution in [1.29, 1.82) is 0 Å². The Morgan fingerprint density at radius 3 is 2.15 bits per heavy atom. The number of nitrogens with one attached hydrogen (secondary N) is 1. The van der Waals surface area contributed by atoms with E-state index in [9.17, 15) is 26.4 Å². The third-order valence-electron chi connectivity index (χ3n) is 5.59. The lowest BCUT2D eigenvalue weighted by atomic mass is 9.97. The molecule has 33 heavy (non-hydrogen) atoms. The average Bonchev–Trinajstić information content (AvgIpc) is 2.83. The van der Waals surface area contributed by atoms with Crippen molar-refractivity contribution in [1.82, 2.24) is 4.31 Å². The summed E-state index contributed by atoms with van der Waals surface area (Å²) in [7, 11) is -6.30. The molecule has 0 spiro atoms. The van der Waals surface area contributed by atoms with E-state index in [-0.39, 0.29) is 58.6 Å². The molecule has 1 aliphatic heterocycles. The summed E-state index contributed by atoms with van der Waals surface area (Å²) in [4.78, 5) is 24.7. The maximum atomic E-state index is 13.1. The number of hydrogen-bond acceptors (Lipinski definition) is 7. The second-order valence-corrected chi connectivity index (χ2v) is 11.7. The van der Waals surface area contributed by atoms with Gasteiger partial charge < -0.3 is 10.1 Å². The Morgan fingerprint density at radius 1 is 0.970 bits per heavy atom. The van der Waals surface area contributed by atoms with E-state index in [2.05, 4.69) is 10.1 Å². The Bertz CT molecular complexity index is 1250. The molecule has 3 rings (SSSR count). The van der Waals surface area contributed by atoms with Crippen molar-refractivity contribution in [3.63, 3.8) is 0 Å². The number of methoxy groups -OCH3 is 1. The molecule has 0 aliphatic carbocycles. The number of piperidine rings is 1. The van der Waals surface area contributed by atoms with Crippen LogP contribution in [0.1, 0.15) is 30.1 Å². The lowest BCUT2D eigenvalue weighted by molar-refractivity contribution is -0.120. The van der Waals surface area contributed by atoms with Crippen LogP contribution < -0.4 is 5.32 Å². The minimum atomic E-state index is -3.96. The van der Waals surface area contributed by atoms with Gasteiger partial charge in [-0.3, -0.25) is 4.79 Å². The fourth-order valence-electron chi connectivity index (χ4n) is 3.70. The summed E-state index contributed by atoms with van der Waals surface area (Å²) < 4.78 is 56.8. The number of amides is 1. The van der Waals surface area contributed by atoms with E-state index in [0.717, 1.165) is 0 Å². The van der Waals surface area contributed by atoms with Crippen LogP contribution in [0.15, 0.2) is 58.3 Å². The number of sulfone groups is 1. The molecule has 2 aromatic rings. The van der Waals surface area contributed by atoms with Crippen molar-refractivity contribution in [2.24, 2.45) is 5.92 Å². The molecule has 0 saturated carbocycles. The highest BCUT2D eigenvalue weighted by molar-refractivity contribution is 7.91. The lowest BCUT2D eigenvalue weighted by Crippen LogP contribution is -2.41. The van der Waals surface area contributed by atoms with Gasteiger partial charge in [-0.25, -0.2) is 21.6 Å². The second kappa shape index (κ2) is 10.0. The summed E-state index contributed by atoms with van der Waals surface area (Å²) in [6.07, 6.45) is 0.516. The number of sulfonamides is 1. The van der Waals surface area contributed by atoms with Crippen LogP contribution in [0.2, 0.25) is 0 Å². The van der Waals surface area contributed by atoms with Crippen LogP contribution in [0.4, 0.5) is 5.69 Å². The van der Waals surface area contributed by atoms with Crippen molar-refractivity contribution in [2.75, 3.05) is 31.3 Å². The monoisotopic (exact) mass is 494 g/mol. The lowest BCUT2D eigenvalue weighted by Gasteiger charge is -2.31. The summed E-state index contributed by atoms with van der Waals surface area (Å²) in [6.45, 7) is 1.71. The smallest absolute Gasteiger partial charge is 0.339 e. The number of carbonyl (C=O) groups is 2. The van der Waals surface area contributed by atoms with Gasteiger partial charge in [-0.1, -0.05) is 31.2 Å². The van der Waals surface area contributed by atoms with Gasteiger partial charge in [0.05, 0.1) is 33.9 Å². The molecule has 1 heterocycles. The molecule has 0 atom stereocenters. The van der Waals surface area contributed by atoms with Gasteiger partial charge in [0.1, 0.15) is 0 Å². The molecule has 9 nitrogen and oxygen atoms in total. The first-order chi connectivity index (χ1) is 15.6. The van der Waals surface area contributed by atoms with Crippen LogP contribution in [0.25, 0.3) is 0 Å². The van der Waals surface area contributed by atoms with E-state index in [1.807, 2.05) is 0 Å². The van der Waals surface area contributed by atoms with Gasteiger partial charge >= 0.3 is 5.97 Å². The Hall–Kier alpha value is -2.76. The van der Waals surface area contributed by atoms with Crippen LogP contribution in [-0.4, -0.2) is 59.0 Å². The van der Waals surface area contributed by atoms with E-state index >= 15 is 0 Å². The fourth-order valence-corrected chi connectivity index (χ4v) is 6.40. The predicted octanol–water partition coefficient (Wildman–Crippen LogP) is 2.31. The number of para-hydroxylation sites is 1. The molecule has 0 unspecified atom stereocenters. The third-order valence-corrected chi connectivity index (χ3v) is 9.34. The van der Waals surface area contributed by atoms with Gasteiger partial charge in [-0.2, -0.15) is 4.31 Å². The molecule has 2 aromatic carbocycles. The predicted molar refractivity (Wildman–Crippen MR) is 122 cm³/mol. The molecule has 0 radical (unpaired) electrons. The highest BCUT2D eigenvalue weighted by atomic mass is 32.2. The van der Waals surface area contributed by atoms with Crippen molar-refractivity contribution in [3.05, 3.63) is 54.1 Å². The van der Waals surface area contributed by atoms with E-state index in [0.29, 0.717) is 0 Å². The SMILES string of the molecule is CCS(=O)(=O)c1ccccc1NC(=O)C1CCN(S(=O)(=O)c2ccccc2C(=O)OC)CC1. The number of esters is 1. The highest BCUT2D eigenvalue weighted by Crippen LogP contribution is 2.28. The minimum Gasteiger partial charge on any atom is -0.465 e. The van der Waals surface area contributed by atoms with Crippen LogP contribution in [0.3, 0.4) is 0 Å². The van der Waals surface area contributed by atoms with E-state index in [1.54, 1.807) is 18.2 Å². The molecule has 1 aliphatic rings. The zero-order valence-electron chi connectivity index (χ0n) is 18.4. The van der Waals surface area contributed by atoms with Gasteiger partial charge in [0, 0.05) is 19.0 Å². The average molecular weight is 495 g/mol. The molecule has 1 fully saturated rings. The molecule has 1 N–H and O–H groups in total. The third kappa shape index (κ3) is 5.26. The number of ether oxygens (including phenoxy) is 1. The summed E-state index contributed by atoms with van der Waals surface area (Å²) in [5.74, 6) is -1.68. The molecular formula is C22H26N2O7S2.